The maximum Gasteiger partial charge on any atom is 0.352 e. The molecule has 118 valence electrons. The number of benzene rings is 1. The van der Waals surface area contributed by atoms with Gasteiger partial charge in [0.05, 0.1) is 20.0 Å². The average Bonchev–Trinajstić information content (AvgIpc) is 3.12. The Bertz CT molecular complexity index is 807. The standard InChI is InChI=1S/C17H16N2O4/c1-19-14-7-11(4-3-10(14)8-16(19)20)15-6-5-12(23-15)9-13(18)17(21)22-2/h3-7,18H,8-9H2,1-2H3. The van der Waals surface area contributed by atoms with E-state index in [1.54, 1.807) is 24.1 Å². The second-order valence-corrected chi connectivity index (χ2v) is 5.39. The van der Waals surface area contributed by atoms with Gasteiger partial charge in [0.15, 0.2) is 0 Å². The molecule has 0 bridgehead atoms. The summed E-state index contributed by atoms with van der Waals surface area (Å²) in [7, 11) is 3.00. The number of furan rings is 1. The third-order valence-electron chi connectivity index (χ3n) is 3.89. The highest BCUT2D eigenvalue weighted by Gasteiger charge is 2.24. The number of amides is 1. The average molecular weight is 312 g/mol. The molecule has 6 nitrogen and oxygen atoms in total. The van der Waals surface area contributed by atoms with Crippen LogP contribution in [-0.4, -0.2) is 31.7 Å². The van der Waals surface area contributed by atoms with Crippen LogP contribution in [0.1, 0.15) is 11.3 Å². The molecule has 23 heavy (non-hydrogen) atoms. The third kappa shape index (κ3) is 2.75. The van der Waals surface area contributed by atoms with Gasteiger partial charge in [-0.2, -0.15) is 0 Å². The number of rotatable bonds is 4. The number of esters is 1. The first kappa shape index (κ1) is 15.0. The number of anilines is 1. The van der Waals surface area contributed by atoms with Gasteiger partial charge in [-0.15, -0.1) is 0 Å². The van der Waals surface area contributed by atoms with Gasteiger partial charge in [0.25, 0.3) is 0 Å². The molecule has 0 unspecified atom stereocenters. The first-order valence-electron chi connectivity index (χ1n) is 7.14. The molecule has 1 aromatic heterocycles. The molecule has 0 saturated carbocycles. The summed E-state index contributed by atoms with van der Waals surface area (Å²) in [4.78, 5) is 24.6. The highest BCUT2D eigenvalue weighted by Crippen LogP contribution is 2.33. The van der Waals surface area contributed by atoms with Crippen LogP contribution in [0.15, 0.2) is 34.7 Å². The van der Waals surface area contributed by atoms with Gasteiger partial charge < -0.3 is 14.1 Å². The predicted molar refractivity (Wildman–Crippen MR) is 84.7 cm³/mol. The summed E-state index contributed by atoms with van der Waals surface area (Å²) < 4.78 is 10.2. The second-order valence-electron chi connectivity index (χ2n) is 5.39. The first-order valence-corrected chi connectivity index (χ1v) is 7.14. The van der Waals surface area contributed by atoms with Crippen LogP contribution in [0.5, 0.6) is 0 Å². The van der Waals surface area contributed by atoms with E-state index in [1.165, 1.54) is 7.11 Å². The predicted octanol–water partition coefficient (Wildman–Crippen LogP) is 2.20. The number of ether oxygens (including phenoxy) is 1. The van der Waals surface area contributed by atoms with Crippen molar-refractivity contribution in [2.24, 2.45) is 0 Å². The minimum absolute atomic E-state index is 0.0730. The van der Waals surface area contributed by atoms with E-state index in [2.05, 4.69) is 4.74 Å². The van der Waals surface area contributed by atoms with Gasteiger partial charge in [0.1, 0.15) is 17.2 Å². The number of likely N-dealkylation sites (N-methyl/N-ethyl adjacent to an activating group) is 1. The zero-order chi connectivity index (χ0) is 16.6. The maximum atomic E-state index is 11.7. The Kier molecular flexibility index (Phi) is 3.73. The molecular weight excluding hydrogens is 296 g/mol. The monoisotopic (exact) mass is 312 g/mol. The van der Waals surface area contributed by atoms with Crippen molar-refractivity contribution in [1.82, 2.24) is 0 Å². The van der Waals surface area contributed by atoms with Gasteiger partial charge in [-0.05, 0) is 23.8 Å². The Morgan fingerprint density at radius 3 is 2.87 bits per heavy atom. The van der Waals surface area contributed by atoms with E-state index in [1.807, 2.05) is 18.2 Å². The molecule has 0 aliphatic carbocycles. The van der Waals surface area contributed by atoms with Crippen LogP contribution in [0, 0.1) is 5.41 Å². The summed E-state index contributed by atoms with van der Waals surface area (Å²) in [5.74, 6) is 0.554. The molecule has 1 N–H and O–H groups in total. The molecule has 2 aromatic rings. The van der Waals surface area contributed by atoms with Crippen LogP contribution in [0.3, 0.4) is 0 Å². The van der Waals surface area contributed by atoms with Gasteiger partial charge in [-0.25, -0.2) is 4.79 Å². The molecule has 0 atom stereocenters. The van der Waals surface area contributed by atoms with Gasteiger partial charge in [-0.1, -0.05) is 12.1 Å². The van der Waals surface area contributed by atoms with Crippen molar-refractivity contribution in [3.8, 4) is 11.3 Å². The fourth-order valence-corrected chi connectivity index (χ4v) is 2.59. The number of nitrogens with zero attached hydrogens (tertiary/aromatic N) is 1. The highest BCUT2D eigenvalue weighted by atomic mass is 16.5. The molecule has 1 amide bonds. The van der Waals surface area contributed by atoms with Crippen molar-refractivity contribution in [3.63, 3.8) is 0 Å². The van der Waals surface area contributed by atoms with Crippen LogP contribution in [0.2, 0.25) is 0 Å². The number of nitrogens with one attached hydrogen (secondary N) is 1. The Morgan fingerprint density at radius 1 is 1.35 bits per heavy atom. The maximum absolute atomic E-state index is 11.7. The van der Waals surface area contributed by atoms with E-state index in [0.29, 0.717) is 17.9 Å². The van der Waals surface area contributed by atoms with Crippen molar-refractivity contribution in [3.05, 3.63) is 41.7 Å². The normalized spacial score (nSPS) is 13.1. The summed E-state index contributed by atoms with van der Waals surface area (Å²) in [5, 5.41) is 7.62. The molecule has 0 saturated heterocycles. The lowest BCUT2D eigenvalue weighted by Gasteiger charge is -2.10. The van der Waals surface area contributed by atoms with Gasteiger partial charge >= 0.3 is 5.97 Å². The fraction of sp³-hybridized carbons (Fsp3) is 0.235. The summed E-state index contributed by atoms with van der Waals surface area (Å²) in [5.41, 5.74) is 2.57. The van der Waals surface area contributed by atoms with E-state index in [9.17, 15) is 9.59 Å². The minimum atomic E-state index is -0.666. The van der Waals surface area contributed by atoms with Gasteiger partial charge in [0, 0.05) is 18.3 Å². The molecule has 0 radical (unpaired) electrons. The van der Waals surface area contributed by atoms with Crippen molar-refractivity contribution in [2.45, 2.75) is 12.8 Å². The molecule has 0 fully saturated rings. The van der Waals surface area contributed by atoms with Crippen molar-refractivity contribution >= 4 is 23.3 Å². The molecule has 1 aliphatic heterocycles. The van der Waals surface area contributed by atoms with Gasteiger partial charge in [0.2, 0.25) is 5.91 Å². The van der Waals surface area contributed by atoms with Crippen molar-refractivity contribution in [2.75, 3.05) is 19.1 Å². The lowest BCUT2D eigenvalue weighted by molar-refractivity contribution is -0.132. The van der Waals surface area contributed by atoms with Crippen LogP contribution in [0.25, 0.3) is 11.3 Å². The number of carbonyl (C=O) groups is 2. The number of fused-ring (bicyclic) bond motifs is 1. The fourth-order valence-electron chi connectivity index (χ4n) is 2.59. The molecule has 1 aliphatic rings. The van der Waals surface area contributed by atoms with Crippen LogP contribution in [0.4, 0.5) is 5.69 Å². The van der Waals surface area contributed by atoms with E-state index in [0.717, 1.165) is 16.8 Å². The van der Waals surface area contributed by atoms with E-state index in [-0.39, 0.29) is 18.0 Å². The van der Waals surface area contributed by atoms with Crippen LogP contribution < -0.4 is 4.90 Å². The topological polar surface area (TPSA) is 83.6 Å². The smallest absolute Gasteiger partial charge is 0.352 e. The number of hydrogen-bond acceptors (Lipinski definition) is 5. The quantitative estimate of drug-likeness (QED) is 0.693. The van der Waals surface area contributed by atoms with Crippen molar-refractivity contribution < 1.29 is 18.7 Å². The molecule has 1 aromatic carbocycles. The first-order chi connectivity index (χ1) is 11.0. The van der Waals surface area contributed by atoms with E-state index < -0.39 is 5.97 Å². The van der Waals surface area contributed by atoms with Crippen molar-refractivity contribution in [1.29, 1.82) is 5.41 Å². The Labute approximate surface area is 133 Å². The van der Waals surface area contributed by atoms with Crippen LogP contribution in [-0.2, 0) is 27.2 Å². The summed E-state index contributed by atoms with van der Waals surface area (Å²) in [6.45, 7) is 0. The molecular formula is C17H16N2O4. The molecule has 3 rings (SSSR count). The molecule has 6 heteroatoms. The van der Waals surface area contributed by atoms with E-state index >= 15 is 0 Å². The lowest BCUT2D eigenvalue weighted by Crippen LogP contribution is -2.20. The number of carbonyl (C=O) groups excluding carboxylic acids is 2. The summed E-state index contributed by atoms with van der Waals surface area (Å²) >= 11 is 0. The zero-order valence-electron chi connectivity index (χ0n) is 12.9. The zero-order valence-corrected chi connectivity index (χ0v) is 12.9. The summed E-state index contributed by atoms with van der Waals surface area (Å²) in [6, 6.07) is 9.26. The Balaban J connectivity index is 1.83. The second kappa shape index (κ2) is 5.72. The summed E-state index contributed by atoms with van der Waals surface area (Å²) in [6.07, 6.45) is 0.502. The van der Waals surface area contributed by atoms with E-state index in [4.69, 9.17) is 9.83 Å². The lowest BCUT2D eigenvalue weighted by atomic mass is 10.1. The molecule has 0 spiro atoms. The Hall–Kier alpha value is -2.89. The molecule has 2 heterocycles. The Morgan fingerprint density at radius 2 is 2.13 bits per heavy atom. The van der Waals surface area contributed by atoms with Crippen LogP contribution >= 0.6 is 0 Å². The number of hydrogen-bond donors (Lipinski definition) is 1. The number of methoxy groups -OCH3 is 1. The largest absolute Gasteiger partial charge is 0.465 e. The van der Waals surface area contributed by atoms with Gasteiger partial charge in [-0.3, -0.25) is 10.2 Å². The highest BCUT2D eigenvalue weighted by molar-refractivity contribution is 6.35. The minimum Gasteiger partial charge on any atom is -0.465 e. The third-order valence-corrected chi connectivity index (χ3v) is 3.89. The SMILES string of the molecule is COC(=O)C(=N)Cc1ccc(-c2ccc3c(c2)N(C)C(=O)C3)o1.